The number of hydrogen-bond acceptors (Lipinski definition) is 9. The highest BCUT2D eigenvalue weighted by Gasteiger charge is 2.22. The number of halogens is 1. The fourth-order valence-electron chi connectivity index (χ4n) is 3.51. The molecule has 2 N–H and O–H groups in total. The van der Waals surface area contributed by atoms with Crippen molar-refractivity contribution in [1.29, 1.82) is 5.26 Å². The highest BCUT2D eigenvalue weighted by Crippen LogP contribution is 2.31. The maximum absolute atomic E-state index is 14.3. The smallest absolute Gasteiger partial charge is 0.407 e. The van der Waals surface area contributed by atoms with Gasteiger partial charge < -0.3 is 24.8 Å². The molecule has 3 rings (SSSR count). The largest absolute Gasteiger partial charge is 0.489 e. The lowest BCUT2D eigenvalue weighted by molar-refractivity contribution is 0.0501. The molecule has 2 unspecified atom stereocenters. The van der Waals surface area contributed by atoms with Gasteiger partial charge in [-0.2, -0.15) is 10.4 Å². The average Bonchev–Trinajstić information content (AvgIpc) is 3.26. The van der Waals surface area contributed by atoms with Gasteiger partial charge in [-0.05, 0) is 58.9 Å². The topological polar surface area (TPSA) is 140 Å². The molecule has 0 bridgehead atoms. The van der Waals surface area contributed by atoms with Gasteiger partial charge in [0.05, 0.1) is 37.9 Å². The van der Waals surface area contributed by atoms with Gasteiger partial charge in [-0.3, -0.25) is 0 Å². The van der Waals surface area contributed by atoms with Crippen molar-refractivity contribution < 1.29 is 28.2 Å². The minimum Gasteiger partial charge on any atom is -0.489 e. The summed E-state index contributed by atoms with van der Waals surface area (Å²) in [5, 5.41) is 19.4. The van der Waals surface area contributed by atoms with E-state index in [-0.39, 0.29) is 30.8 Å². The van der Waals surface area contributed by atoms with Crippen molar-refractivity contribution in [1.82, 2.24) is 19.9 Å². The molecule has 11 nitrogen and oxygen atoms in total. The Morgan fingerprint density at radius 1 is 1.26 bits per heavy atom. The first kappa shape index (κ1) is 28.2. The van der Waals surface area contributed by atoms with E-state index in [9.17, 15) is 19.2 Å². The molecule has 0 fully saturated rings. The fraction of sp³-hybridized carbons (Fsp3) is 0.423. The summed E-state index contributed by atoms with van der Waals surface area (Å²) in [6.45, 7) is 9.06. The summed E-state index contributed by atoms with van der Waals surface area (Å²) in [4.78, 5) is 28.7. The zero-order valence-corrected chi connectivity index (χ0v) is 21.9. The van der Waals surface area contributed by atoms with Crippen LogP contribution in [0.4, 0.5) is 15.0 Å². The molecule has 0 aliphatic carbocycles. The third-order valence-electron chi connectivity index (χ3n) is 5.09. The number of amides is 1. The second-order valence-corrected chi connectivity index (χ2v) is 9.41. The minimum atomic E-state index is -0.708. The average molecular weight is 527 g/mol. The van der Waals surface area contributed by atoms with E-state index >= 15 is 0 Å². The number of ether oxygens (including phenoxy) is 3. The van der Waals surface area contributed by atoms with Crippen LogP contribution in [0.3, 0.4) is 0 Å². The maximum atomic E-state index is 14.3. The number of hydrogen-bond donors (Lipinski definition) is 2. The lowest BCUT2D eigenvalue weighted by atomic mass is 10.0. The molecule has 1 amide bonds. The minimum absolute atomic E-state index is 0.0405. The van der Waals surface area contributed by atoms with Crippen LogP contribution in [0.15, 0.2) is 36.7 Å². The van der Waals surface area contributed by atoms with Gasteiger partial charge in [-0.1, -0.05) is 0 Å². The summed E-state index contributed by atoms with van der Waals surface area (Å²) >= 11 is 0. The highest BCUT2D eigenvalue weighted by molar-refractivity contribution is 5.95. The summed E-state index contributed by atoms with van der Waals surface area (Å²) in [5.74, 6) is -0.412. The number of aromatic nitrogens is 3. The van der Waals surface area contributed by atoms with E-state index in [1.807, 2.05) is 0 Å². The number of rotatable bonds is 10. The molecule has 0 saturated carbocycles. The Morgan fingerprint density at radius 2 is 2.03 bits per heavy atom. The van der Waals surface area contributed by atoms with E-state index in [0.717, 1.165) is 0 Å². The first-order valence-corrected chi connectivity index (χ1v) is 12.1. The molecule has 2 heterocycles. The van der Waals surface area contributed by atoms with E-state index < -0.39 is 35.6 Å². The molecule has 0 aliphatic rings. The summed E-state index contributed by atoms with van der Waals surface area (Å²) in [7, 11) is 0. The molecule has 12 heteroatoms. The summed E-state index contributed by atoms with van der Waals surface area (Å²) in [6, 6.07) is 6.99. The van der Waals surface area contributed by atoms with Crippen molar-refractivity contribution in [3.05, 3.63) is 53.6 Å². The van der Waals surface area contributed by atoms with E-state index in [1.54, 1.807) is 46.9 Å². The zero-order valence-electron chi connectivity index (χ0n) is 21.9. The normalized spacial score (nSPS) is 12.8. The van der Waals surface area contributed by atoms with Crippen LogP contribution in [0.2, 0.25) is 0 Å². The third kappa shape index (κ3) is 7.55. The number of alkyl carbamates (subject to hydrolysis) is 1. The summed E-state index contributed by atoms with van der Waals surface area (Å²) in [6.07, 6.45) is 1.84. The van der Waals surface area contributed by atoms with Crippen LogP contribution in [-0.4, -0.2) is 51.5 Å². The second kappa shape index (κ2) is 12.2. The summed E-state index contributed by atoms with van der Waals surface area (Å²) < 4.78 is 32.0. The Kier molecular flexibility index (Phi) is 9.07. The van der Waals surface area contributed by atoms with Crippen LogP contribution in [-0.2, 0) is 9.47 Å². The van der Waals surface area contributed by atoms with Gasteiger partial charge in [-0.15, -0.1) is 0 Å². The number of benzene rings is 1. The molecular formula is C26H31FN6O5. The van der Waals surface area contributed by atoms with Crippen molar-refractivity contribution in [2.45, 2.75) is 58.8 Å². The van der Waals surface area contributed by atoms with Crippen LogP contribution >= 0.6 is 0 Å². The van der Waals surface area contributed by atoms with Crippen molar-refractivity contribution in [2.75, 3.05) is 18.5 Å². The molecule has 38 heavy (non-hydrogen) atoms. The quantitative estimate of drug-likeness (QED) is 0.368. The van der Waals surface area contributed by atoms with E-state index in [4.69, 9.17) is 14.2 Å². The number of anilines is 1. The molecule has 2 atom stereocenters. The Bertz CT molecular complexity index is 1330. The molecule has 2 aromatic heterocycles. The summed E-state index contributed by atoms with van der Waals surface area (Å²) in [5.41, 5.74) is 0.200. The molecule has 3 aromatic rings. The number of nitriles is 1. The van der Waals surface area contributed by atoms with E-state index in [1.165, 1.54) is 28.9 Å². The predicted octanol–water partition coefficient (Wildman–Crippen LogP) is 4.40. The molecule has 1 aromatic carbocycles. The van der Waals surface area contributed by atoms with Crippen LogP contribution in [0.5, 0.6) is 5.75 Å². The Labute approximate surface area is 219 Å². The van der Waals surface area contributed by atoms with E-state index in [2.05, 4.69) is 26.8 Å². The van der Waals surface area contributed by atoms with Gasteiger partial charge in [0.2, 0.25) is 0 Å². The van der Waals surface area contributed by atoms with Crippen LogP contribution in [0.1, 0.15) is 63.0 Å². The third-order valence-corrected chi connectivity index (χ3v) is 5.09. The van der Waals surface area contributed by atoms with Gasteiger partial charge in [0, 0.05) is 11.8 Å². The number of fused-ring (bicyclic) bond motifs is 1. The maximum Gasteiger partial charge on any atom is 0.407 e. The molecule has 0 spiro atoms. The van der Waals surface area contributed by atoms with Gasteiger partial charge >= 0.3 is 12.1 Å². The standard InChI is InChI=1S/C26H31FN6O5/c1-6-36-24(34)19-15-30-33-12-10-22(32-23(19)33)31-20(9-11-28)18-13-17(27)7-8-21(18)37-16(2)14-29-25(35)38-26(3,4)5/h7-8,10,12-13,15-16,20H,6,9,14H2,1-5H3,(H,29,35)(H,31,32). The number of carbonyl (C=O) groups excluding carboxylic acids is 2. The fourth-order valence-corrected chi connectivity index (χ4v) is 3.51. The monoisotopic (exact) mass is 526 g/mol. The molecular weight excluding hydrogens is 495 g/mol. The lowest BCUT2D eigenvalue weighted by Gasteiger charge is -2.24. The van der Waals surface area contributed by atoms with Gasteiger partial charge in [-0.25, -0.2) is 23.5 Å². The van der Waals surface area contributed by atoms with Gasteiger partial charge in [0.1, 0.15) is 34.7 Å². The molecule has 202 valence electrons. The second-order valence-electron chi connectivity index (χ2n) is 9.41. The van der Waals surface area contributed by atoms with Gasteiger partial charge in [0.15, 0.2) is 5.65 Å². The first-order valence-electron chi connectivity index (χ1n) is 12.1. The Morgan fingerprint density at radius 3 is 2.71 bits per heavy atom. The highest BCUT2D eigenvalue weighted by atomic mass is 19.1. The van der Waals surface area contributed by atoms with E-state index in [0.29, 0.717) is 17.1 Å². The number of carbonyl (C=O) groups is 2. The van der Waals surface area contributed by atoms with Gasteiger partial charge in [0.25, 0.3) is 0 Å². The van der Waals surface area contributed by atoms with Crippen LogP contribution in [0, 0.1) is 17.1 Å². The van der Waals surface area contributed by atoms with Crippen molar-refractivity contribution >= 4 is 23.5 Å². The Hall–Kier alpha value is -4.40. The van der Waals surface area contributed by atoms with Crippen molar-refractivity contribution in [3.63, 3.8) is 0 Å². The van der Waals surface area contributed by atoms with Crippen molar-refractivity contribution in [3.8, 4) is 11.8 Å². The SMILES string of the molecule is CCOC(=O)c1cnn2ccc(NC(CC#N)c3cc(F)ccc3OC(C)CNC(=O)OC(C)(C)C)nc12. The van der Waals surface area contributed by atoms with Crippen LogP contribution < -0.4 is 15.4 Å². The molecule has 0 radical (unpaired) electrons. The zero-order chi connectivity index (χ0) is 27.9. The number of esters is 1. The first-order chi connectivity index (χ1) is 18.0. The lowest BCUT2D eigenvalue weighted by Crippen LogP contribution is -2.37. The number of nitrogens with one attached hydrogen (secondary N) is 2. The van der Waals surface area contributed by atoms with Crippen LogP contribution in [0.25, 0.3) is 5.65 Å². The molecule has 0 aliphatic heterocycles. The number of nitrogens with zero attached hydrogens (tertiary/aromatic N) is 4. The Balaban J connectivity index is 1.82. The predicted molar refractivity (Wildman–Crippen MR) is 136 cm³/mol. The van der Waals surface area contributed by atoms with Crippen molar-refractivity contribution in [2.24, 2.45) is 0 Å². The molecule has 0 saturated heterocycles.